The Morgan fingerprint density at radius 2 is 1.87 bits per heavy atom. The highest BCUT2D eigenvalue weighted by Gasteiger charge is 2.47. The van der Waals surface area contributed by atoms with E-state index < -0.39 is 5.54 Å². The quantitative estimate of drug-likeness (QED) is 0.696. The molecule has 0 radical (unpaired) electrons. The summed E-state index contributed by atoms with van der Waals surface area (Å²) < 4.78 is 6.34. The third-order valence-corrected chi connectivity index (χ3v) is 7.68. The van der Waals surface area contributed by atoms with Crippen LogP contribution in [0.25, 0.3) is 10.6 Å². The van der Waals surface area contributed by atoms with Crippen LogP contribution in [0.5, 0.6) is 0 Å². The SMILES string of the molecule is Cl.Cl.Nc1cnc(-c2cc3c(s2)CCOC32CCN(C(=O)C3(N)CCC3)CC2)cn1. The minimum atomic E-state index is -0.619. The number of thiophene rings is 1. The van der Waals surface area contributed by atoms with E-state index in [4.69, 9.17) is 16.2 Å². The molecule has 2 aromatic heterocycles. The molecule has 1 aliphatic carbocycles. The van der Waals surface area contributed by atoms with E-state index in [0.29, 0.717) is 18.9 Å². The Balaban J connectivity index is 0.00000128. The van der Waals surface area contributed by atoms with E-state index in [9.17, 15) is 4.79 Å². The standard InChI is InChI=1S/C20H25N5O2S.2ClH/c21-17-12-23-14(11-24-17)16-10-13-15(28-16)2-9-27-20(13)5-7-25(8-6-20)18(26)19(22)3-1-4-19;;/h10-12H,1-9,22H2,(H2,21,24);2*1H. The fourth-order valence-electron chi connectivity index (χ4n) is 4.58. The molecule has 30 heavy (non-hydrogen) atoms. The number of fused-ring (bicyclic) bond motifs is 2. The first-order chi connectivity index (χ1) is 13.5. The lowest BCUT2D eigenvalue weighted by Gasteiger charge is -2.47. The van der Waals surface area contributed by atoms with Gasteiger partial charge in [0.05, 0.1) is 40.7 Å². The average molecular weight is 472 g/mol. The Morgan fingerprint density at radius 1 is 1.13 bits per heavy atom. The summed E-state index contributed by atoms with van der Waals surface area (Å²) in [6, 6.07) is 2.20. The topological polar surface area (TPSA) is 107 Å². The van der Waals surface area contributed by atoms with E-state index in [0.717, 1.165) is 55.7 Å². The number of nitrogens with zero attached hydrogens (tertiary/aromatic N) is 3. The highest BCUT2D eigenvalue weighted by Crippen LogP contribution is 2.46. The van der Waals surface area contributed by atoms with Gasteiger partial charge in [0, 0.05) is 24.4 Å². The first-order valence-corrected chi connectivity index (χ1v) is 10.7. The van der Waals surface area contributed by atoms with Crippen LogP contribution in [0.4, 0.5) is 5.82 Å². The highest BCUT2D eigenvalue weighted by atomic mass is 35.5. The molecule has 4 heterocycles. The third-order valence-electron chi connectivity index (χ3n) is 6.46. The van der Waals surface area contributed by atoms with Crippen LogP contribution in [0, 0.1) is 0 Å². The van der Waals surface area contributed by atoms with Gasteiger partial charge in [-0.15, -0.1) is 36.2 Å². The molecular weight excluding hydrogens is 445 g/mol. The lowest BCUT2D eigenvalue weighted by molar-refractivity contribution is -0.148. The summed E-state index contributed by atoms with van der Waals surface area (Å²) in [6.07, 6.45) is 8.53. The highest BCUT2D eigenvalue weighted by molar-refractivity contribution is 7.15. The third kappa shape index (κ3) is 3.80. The minimum Gasteiger partial charge on any atom is -0.382 e. The van der Waals surface area contributed by atoms with Crippen molar-refractivity contribution in [2.24, 2.45) is 5.73 Å². The number of carbonyl (C=O) groups is 1. The number of ether oxygens (including phenoxy) is 1. The average Bonchev–Trinajstić information content (AvgIpc) is 3.13. The van der Waals surface area contributed by atoms with Crippen LogP contribution in [0.1, 0.15) is 42.5 Å². The van der Waals surface area contributed by atoms with Gasteiger partial charge in [0.2, 0.25) is 5.91 Å². The van der Waals surface area contributed by atoms with Crippen molar-refractivity contribution in [1.29, 1.82) is 0 Å². The molecule has 3 aliphatic rings. The monoisotopic (exact) mass is 471 g/mol. The normalized spacial score (nSPS) is 21.0. The Labute approximate surface area is 192 Å². The van der Waals surface area contributed by atoms with Gasteiger partial charge in [0.1, 0.15) is 5.82 Å². The summed E-state index contributed by atoms with van der Waals surface area (Å²) in [5, 5.41) is 0. The Morgan fingerprint density at radius 3 is 2.47 bits per heavy atom. The predicted octanol–water partition coefficient (Wildman–Crippen LogP) is 2.90. The van der Waals surface area contributed by atoms with Gasteiger partial charge in [0.15, 0.2) is 0 Å². The number of amides is 1. The molecule has 1 amide bonds. The van der Waals surface area contributed by atoms with Crippen molar-refractivity contribution >= 4 is 47.9 Å². The maximum absolute atomic E-state index is 12.8. The minimum absolute atomic E-state index is 0. The summed E-state index contributed by atoms with van der Waals surface area (Å²) in [7, 11) is 0. The summed E-state index contributed by atoms with van der Waals surface area (Å²) in [4.78, 5) is 25.8. The van der Waals surface area contributed by atoms with E-state index in [2.05, 4.69) is 16.0 Å². The number of nitrogens with two attached hydrogens (primary N) is 2. The van der Waals surface area contributed by atoms with Crippen molar-refractivity contribution in [3.05, 3.63) is 28.9 Å². The molecular formula is C20H27Cl2N5O2S. The smallest absolute Gasteiger partial charge is 0.242 e. The molecule has 2 fully saturated rings. The predicted molar refractivity (Wildman–Crippen MR) is 122 cm³/mol. The number of aromatic nitrogens is 2. The summed E-state index contributed by atoms with van der Waals surface area (Å²) in [5.41, 5.74) is 13.1. The number of hydrogen-bond acceptors (Lipinski definition) is 7. The van der Waals surface area contributed by atoms with E-state index in [1.54, 1.807) is 23.7 Å². The molecule has 7 nitrogen and oxygen atoms in total. The molecule has 5 rings (SSSR count). The first kappa shape index (κ1) is 23.2. The molecule has 164 valence electrons. The zero-order valence-corrected chi connectivity index (χ0v) is 19.1. The summed E-state index contributed by atoms with van der Waals surface area (Å²) in [6.45, 7) is 2.11. The fourth-order valence-corrected chi connectivity index (χ4v) is 5.77. The van der Waals surface area contributed by atoms with Gasteiger partial charge in [-0.1, -0.05) is 0 Å². The van der Waals surface area contributed by atoms with E-state index >= 15 is 0 Å². The lowest BCUT2D eigenvalue weighted by Crippen LogP contribution is -2.61. The van der Waals surface area contributed by atoms with Crippen LogP contribution in [0.15, 0.2) is 18.5 Å². The van der Waals surface area contributed by atoms with Gasteiger partial charge in [-0.3, -0.25) is 4.79 Å². The first-order valence-electron chi connectivity index (χ1n) is 9.92. The summed E-state index contributed by atoms with van der Waals surface area (Å²) >= 11 is 1.76. The second-order valence-corrected chi connectivity index (χ2v) is 9.31. The zero-order valence-electron chi connectivity index (χ0n) is 16.6. The van der Waals surface area contributed by atoms with Gasteiger partial charge in [-0.2, -0.15) is 0 Å². The van der Waals surface area contributed by atoms with Gasteiger partial charge in [0.25, 0.3) is 0 Å². The second kappa shape index (κ2) is 8.59. The molecule has 0 atom stereocenters. The van der Waals surface area contributed by atoms with E-state index in [-0.39, 0.29) is 36.3 Å². The summed E-state index contributed by atoms with van der Waals surface area (Å²) in [5.74, 6) is 0.541. The number of nitrogen functional groups attached to an aromatic ring is 1. The molecule has 1 saturated carbocycles. The van der Waals surface area contributed by atoms with Crippen molar-refractivity contribution in [1.82, 2.24) is 14.9 Å². The van der Waals surface area contributed by atoms with Crippen LogP contribution in [0.2, 0.25) is 0 Å². The number of carbonyl (C=O) groups excluding carboxylic acids is 1. The fraction of sp³-hybridized carbons (Fsp3) is 0.550. The van der Waals surface area contributed by atoms with Crippen LogP contribution >= 0.6 is 36.2 Å². The molecule has 0 unspecified atom stereocenters. The number of halogens is 2. The molecule has 0 bridgehead atoms. The number of piperidine rings is 1. The molecule has 1 spiro atoms. The van der Waals surface area contributed by atoms with Gasteiger partial charge in [-0.05, 0) is 43.7 Å². The maximum atomic E-state index is 12.8. The van der Waals surface area contributed by atoms with Crippen LogP contribution in [-0.4, -0.2) is 46.0 Å². The number of anilines is 1. The van der Waals surface area contributed by atoms with Crippen molar-refractivity contribution in [2.45, 2.75) is 49.7 Å². The zero-order chi connectivity index (χ0) is 19.4. The molecule has 4 N–H and O–H groups in total. The van der Waals surface area contributed by atoms with E-state index in [1.165, 1.54) is 10.4 Å². The van der Waals surface area contributed by atoms with Gasteiger partial charge in [-0.25, -0.2) is 9.97 Å². The Hall–Kier alpha value is -1.45. The van der Waals surface area contributed by atoms with Crippen molar-refractivity contribution in [3.8, 4) is 10.6 Å². The van der Waals surface area contributed by atoms with Crippen LogP contribution in [0.3, 0.4) is 0 Å². The molecule has 2 aromatic rings. The Bertz CT molecular complexity index is 908. The number of likely N-dealkylation sites (tertiary alicyclic amines) is 1. The molecule has 1 saturated heterocycles. The van der Waals surface area contributed by atoms with Crippen molar-refractivity contribution in [3.63, 3.8) is 0 Å². The maximum Gasteiger partial charge on any atom is 0.242 e. The van der Waals surface area contributed by atoms with Crippen molar-refractivity contribution < 1.29 is 9.53 Å². The number of rotatable bonds is 2. The van der Waals surface area contributed by atoms with Gasteiger partial charge >= 0.3 is 0 Å². The Kier molecular flexibility index (Phi) is 6.65. The van der Waals surface area contributed by atoms with Crippen LogP contribution in [-0.2, 0) is 21.6 Å². The second-order valence-electron chi connectivity index (χ2n) is 8.17. The van der Waals surface area contributed by atoms with Crippen LogP contribution < -0.4 is 11.5 Å². The largest absolute Gasteiger partial charge is 0.382 e. The lowest BCUT2D eigenvalue weighted by atomic mass is 9.75. The molecule has 2 aliphatic heterocycles. The van der Waals surface area contributed by atoms with E-state index in [1.807, 2.05) is 4.90 Å². The van der Waals surface area contributed by atoms with Gasteiger partial charge < -0.3 is 21.1 Å². The van der Waals surface area contributed by atoms with Crippen molar-refractivity contribution in [2.75, 3.05) is 25.4 Å². The number of hydrogen-bond donors (Lipinski definition) is 2. The molecule has 0 aromatic carbocycles. The molecule has 10 heteroatoms.